The molecule has 6 nitrogen and oxygen atoms in total. The first-order valence-corrected chi connectivity index (χ1v) is 8.47. The molecule has 21 heavy (non-hydrogen) atoms. The summed E-state index contributed by atoms with van der Waals surface area (Å²) >= 11 is 0. The number of nitrogens with zero attached hydrogens (tertiary/aromatic N) is 1. The Labute approximate surface area is 124 Å². The van der Waals surface area contributed by atoms with Crippen molar-refractivity contribution in [2.24, 2.45) is 0 Å². The van der Waals surface area contributed by atoms with Gasteiger partial charge in [-0.1, -0.05) is 13.3 Å². The maximum atomic E-state index is 11.8. The molecular formula is C14H19N3O3S. The minimum absolute atomic E-state index is 0.127. The van der Waals surface area contributed by atoms with Crippen molar-refractivity contribution in [1.82, 2.24) is 4.98 Å². The van der Waals surface area contributed by atoms with Crippen LogP contribution in [0.1, 0.15) is 25.5 Å². The summed E-state index contributed by atoms with van der Waals surface area (Å²) < 4.78 is 31.2. The molecule has 0 spiro atoms. The fourth-order valence-electron chi connectivity index (χ4n) is 1.71. The molecule has 7 heteroatoms. The van der Waals surface area contributed by atoms with Gasteiger partial charge in [-0.15, -0.1) is 0 Å². The molecule has 0 saturated carbocycles. The predicted octanol–water partition coefficient (Wildman–Crippen LogP) is 2.83. The number of furan rings is 1. The first-order chi connectivity index (χ1) is 10.1. The lowest BCUT2D eigenvalue weighted by molar-refractivity contribution is 0.518. The Morgan fingerprint density at radius 1 is 1.29 bits per heavy atom. The van der Waals surface area contributed by atoms with Crippen LogP contribution < -0.4 is 10.0 Å². The average Bonchev–Trinajstić information content (AvgIpc) is 2.97. The third-order valence-electron chi connectivity index (χ3n) is 2.83. The number of pyridine rings is 1. The number of hydrogen-bond acceptors (Lipinski definition) is 5. The summed E-state index contributed by atoms with van der Waals surface area (Å²) in [5, 5.41) is 3.09. The lowest BCUT2D eigenvalue weighted by Gasteiger charge is -2.08. The lowest BCUT2D eigenvalue weighted by atomic mass is 10.4. The largest absolute Gasteiger partial charge is 0.467 e. The molecule has 0 aliphatic rings. The van der Waals surface area contributed by atoms with E-state index in [1.165, 1.54) is 6.20 Å². The maximum absolute atomic E-state index is 11.8. The molecule has 2 N–H and O–H groups in total. The summed E-state index contributed by atoms with van der Waals surface area (Å²) in [5.74, 6) is 1.59. The standard InChI is InChI=1S/C14H19N3O3S/c1-2-3-9-21(18,19)17-12-6-7-14(15-10-12)16-11-13-5-4-8-20-13/h4-8,10,17H,2-3,9,11H2,1H3,(H,15,16). The van der Waals surface area contributed by atoms with E-state index in [0.717, 1.165) is 12.2 Å². The zero-order valence-corrected chi connectivity index (χ0v) is 12.7. The van der Waals surface area contributed by atoms with E-state index in [2.05, 4.69) is 15.0 Å². The van der Waals surface area contributed by atoms with Crippen molar-refractivity contribution >= 4 is 21.5 Å². The van der Waals surface area contributed by atoms with Crippen molar-refractivity contribution in [2.75, 3.05) is 15.8 Å². The Morgan fingerprint density at radius 2 is 2.14 bits per heavy atom. The van der Waals surface area contributed by atoms with E-state index >= 15 is 0 Å². The van der Waals surface area contributed by atoms with Crippen molar-refractivity contribution < 1.29 is 12.8 Å². The second-order valence-electron chi connectivity index (χ2n) is 4.64. The molecule has 0 fully saturated rings. The van der Waals surface area contributed by atoms with Gasteiger partial charge >= 0.3 is 0 Å². The van der Waals surface area contributed by atoms with Crippen LogP contribution in [0.25, 0.3) is 0 Å². The molecule has 0 aliphatic carbocycles. The fraction of sp³-hybridized carbons (Fsp3) is 0.357. The second-order valence-corrected chi connectivity index (χ2v) is 6.48. The third kappa shape index (κ3) is 5.11. The molecule has 0 atom stereocenters. The van der Waals surface area contributed by atoms with Gasteiger partial charge in [0, 0.05) is 0 Å². The molecule has 2 aromatic heterocycles. The fourth-order valence-corrected chi connectivity index (χ4v) is 2.97. The van der Waals surface area contributed by atoms with Crippen LogP contribution in [0.4, 0.5) is 11.5 Å². The summed E-state index contributed by atoms with van der Waals surface area (Å²) in [4.78, 5) is 4.16. The Hall–Kier alpha value is -2.02. The van der Waals surface area contributed by atoms with Crippen molar-refractivity contribution in [3.8, 4) is 0 Å². The molecule has 2 heterocycles. The van der Waals surface area contributed by atoms with Crippen molar-refractivity contribution in [3.05, 3.63) is 42.5 Å². The zero-order valence-electron chi connectivity index (χ0n) is 11.9. The van der Waals surface area contributed by atoms with E-state index in [1.54, 1.807) is 18.4 Å². The number of aromatic nitrogens is 1. The van der Waals surface area contributed by atoms with Gasteiger partial charge in [-0.3, -0.25) is 4.72 Å². The van der Waals surface area contributed by atoms with Crippen LogP contribution in [0.3, 0.4) is 0 Å². The highest BCUT2D eigenvalue weighted by atomic mass is 32.2. The van der Waals surface area contributed by atoms with Crippen molar-refractivity contribution in [2.45, 2.75) is 26.3 Å². The molecule has 0 amide bonds. The van der Waals surface area contributed by atoms with Crippen molar-refractivity contribution in [1.29, 1.82) is 0 Å². The molecule has 2 rings (SSSR count). The van der Waals surface area contributed by atoms with Gasteiger partial charge in [0.2, 0.25) is 10.0 Å². The van der Waals surface area contributed by atoms with Crippen LogP contribution in [-0.2, 0) is 16.6 Å². The highest BCUT2D eigenvalue weighted by Gasteiger charge is 2.09. The Bertz CT molecular complexity index is 637. The molecule has 0 saturated heterocycles. The van der Waals surface area contributed by atoms with Gasteiger partial charge in [0.15, 0.2) is 0 Å². The summed E-state index contributed by atoms with van der Waals surface area (Å²) in [5.41, 5.74) is 0.467. The summed E-state index contributed by atoms with van der Waals surface area (Å²) in [6.45, 7) is 2.48. The summed E-state index contributed by atoms with van der Waals surface area (Å²) in [6, 6.07) is 7.09. The first kappa shape index (κ1) is 15.4. The molecule has 0 aromatic carbocycles. The van der Waals surface area contributed by atoms with Crippen LogP contribution in [0.15, 0.2) is 41.1 Å². The minimum Gasteiger partial charge on any atom is -0.467 e. The zero-order chi connectivity index (χ0) is 15.1. The summed E-state index contributed by atoms with van der Waals surface area (Å²) in [7, 11) is -3.28. The van der Waals surface area contributed by atoms with Gasteiger partial charge in [0.25, 0.3) is 0 Å². The summed E-state index contributed by atoms with van der Waals surface area (Å²) in [6.07, 6.45) is 4.59. The van der Waals surface area contributed by atoms with Gasteiger partial charge in [0.1, 0.15) is 11.6 Å². The Morgan fingerprint density at radius 3 is 2.76 bits per heavy atom. The molecule has 0 aliphatic heterocycles. The third-order valence-corrected chi connectivity index (χ3v) is 4.20. The maximum Gasteiger partial charge on any atom is 0.232 e. The lowest BCUT2D eigenvalue weighted by Crippen LogP contribution is -2.16. The number of anilines is 2. The van der Waals surface area contributed by atoms with Crippen molar-refractivity contribution in [3.63, 3.8) is 0 Å². The highest BCUT2D eigenvalue weighted by Crippen LogP contribution is 2.13. The SMILES string of the molecule is CCCCS(=O)(=O)Nc1ccc(NCc2ccco2)nc1. The minimum atomic E-state index is -3.28. The first-order valence-electron chi connectivity index (χ1n) is 6.82. The second kappa shape index (κ2) is 7.12. The monoisotopic (exact) mass is 309 g/mol. The van der Waals surface area contributed by atoms with Gasteiger partial charge in [-0.2, -0.15) is 0 Å². The van der Waals surface area contributed by atoms with Gasteiger partial charge in [0.05, 0.1) is 30.4 Å². The molecule has 0 bridgehead atoms. The van der Waals surface area contributed by atoms with E-state index in [0.29, 0.717) is 24.5 Å². The van der Waals surface area contributed by atoms with Gasteiger partial charge in [-0.25, -0.2) is 13.4 Å². The van der Waals surface area contributed by atoms with Gasteiger partial charge < -0.3 is 9.73 Å². The van der Waals surface area contributed by atoms with Crippen LogP contribution in [0.5, 0.6) is 0 Å². The number of nitrogens with one attached hydrogen (secondary N) is 2. The van der Waals surface area contributed by atoms with E-state index in [9.17, 15) is 8.42 Å². The Kier molecular flexibility index (Phi) is 5.21. The molecule has 2 aromatic rings. The van der Waals surface area contributed by atoms with Gasteiger partial charge in [-0.05, 0) is 30.7 Å². The van der Waals surface area contributed by atoms with E-state index in [-0.39, 0.29) is 5.75 Å². The number of hydrogen-bond donors (Lipinski definition) is 2. The van der Waals surface area contributed by atoms with Crippen LogP contribution in [-0.4, -0.2) is 19.2 Å². The van der Waals surface area contributed by atoms with E-state index in [4.69, 9.17) is 4.42 Å². The average molecular weight is 309 g/mol. The number of sulfonamides is 1. The quantitative estimate of drug-likeness (QED) is 0.783. The van der Waals surface area contributed by atoms with Crippen LogP contribution in [0, 0.1) is 0 Å². The van der Waals surface area contributed by atoms with Crippen LogP contribution >= 0.6 is 0 Å². The molecule has 0 unspecified atom stereocenters. The van der Waals surface area contributed by atoms with Crippen LogP contribution in [0.2, 0.25) is 0 Å². The van der Waals surface area contributed by atoms with E-state index < -0.39 is 10.0 Å². The number of unbranched alkanes of at least 4 members (excludes halogenated alkanes) is 1. The number of rotatable bonds is 8. The molecule has 0 radical (unpaired) electrons. The smallest absolute Gasteiger partial charge is 0.232 e. The predicted molar refractivity (Wildman–Crippen MR) is 82.6 cm³/mol. The highest BCUT2D eigenvalue weighted by molar-refractivity contribution is 7.92. The van der Waals surface area contributed by atoms with E-state index in [1.807, 2.05) is 19.1 Å². The Balaban J connectivity index is 1.89. The topological polar surface area (TPSA) is 84.2 Å². The molecule has 114 valence electrons. The molecular weight excluding hydrogens is 290 g/mol. The normalized spacial score (nSPS) is 11.3.